The fourth-order valence-electron chi connectivity index (χ4n) is 7.20. The fraction of sp³-hybridized carbons (Fsp3) is 0.372. The van der Waals surface area contributed by atoms with Crippen molar-refractivity contribution < 1.29 is 33.1 Å². The monoisotopic (exact) mass is 809 g/mol. The number of nitrogens with one attached hydrogen (secondary N) is 2. The van der Waals surface area contributed by atoms with Crippen LogP contribution >= 0.6 is 22.7 Å². The Kier molecular flexibility index (Phi) is 11.5. The lowest BCUT2D eigenvalue weighted by Gasteiger charge is -2.25. The molecule has 2 fully saturated rings. The van der Waals surface area contributed by atoms with Crippen molar-refractivity contribution in [1.82, 2.24) is 14.8 Å². The highest BCUT2D eigenvalue weighted by Crippen LogP contribution is 2.32. The lowest BCUT2D eigenvalue weighted by molar-refractivity contribution is -0.120. The van der Waals surface area contributed by atoms with E-state index in [0.717, 1.165) is 5.56 Å². The van der Waals surface area contributed by atoms with Crippen LogP contribution < -0.4 is 10.6 Å². The average molecular weight is 810 g/mol. The number of carbonyl (C=O) groups is 4. The lowest BCUT2D eigenvalue weighted by atomic mass is 10.1. The second kappa shape index (κ2) is 16.4. The van der Waals surface area contributed by atoms with Gasteiger partial charge in [-0.1, -0.05) is 12.1 Å². The maximum atomic E-state index is 13.6. The Labute approximate surface area is 340 Å². The van der Waals surface area contributed by atoms with Gasteiger partial charge >= 0.3 is 0 Å². The zero-order chi connectivity index (χ0) is 40.5. The van der Waals surface area contributed by atoms with E-state index in [1.165, 1.54) is 22.7 Å². The molecule has 12 nitrogen and oxygen atoms in total. The third-order valence-corrected chi connectivity index (χ3v) is 11.2. The Morgan fingerprint density at radius 1 is 0.667 bits per heavy atom. The first kappa shape index (κ1) is 40.1. The van der Waals surface area contributed by atoms with E-state index in [9.17, 15) is 19.2 Å². The smallest absolute Gasteiger partial charge is 0.264 e. The SMILES string of the molecule is CC(C)(C)O[C@@H]1C[C@@H](C(=O)Nc2ccc(-c3cnc(-c4ccc(NC(=O)[C@@H]5C[C@@H](OC(C)(C)C)CN5C(=O)c5cccs5)cc4)o3)cc2)N(C(=O)c2cccs2)C1. The summed E-state index contributed by atoms with van der Waals surface area (Å²) in [7, 11) is 0. The third kappa shape index (κ3) is 9.70. The first-order chi connectivity index (χ1) is 27.1. The van der Waals surface area contributed by atoms with Crippen molar-refractivity contribution in [3.8, 4) is 22.8 Å². The van der Waals surface area contributed by atoms with Gasteiger partial charge in [-0.2, -0.15) is 0 Å². The van der Waals surface area contributed by atoms with E-state index in [1.54, 1.807) is 52.4 Å². The van der Waals surface area contributed by atoms with Gasteiger partial charge in [-0.15, -0.1) is 22.7 Å². The number of rotatable bonds is 10. The van der Waals surface area contributed by atoms with Crippen LogP contribution in [0.2, 0.25) is 0 Å². The van der Waals surface area contributed by atoms with Gasteiger partial charge in [0.25, 0.3) is 11.8 Å². The summed E-state index contributed by atoms with van der Waals surface area (Å²) in [5.41, 5.74) is 1.80. The molecular formula is C43H47N5O7S2. The number of benzene rings is 2. The molecule has 0 spiro atoms. The predicted octanol–water partition coefficient (Wildman–Crippen LogP) is 8.21. The molecule has 4 atom stereocenters. The van der Waals surface area contributed by atoms with Crippen LogP contribution in [0.5, 0.6) is 0 Å². The highest BCUT2D eigenvalue weighted by atomic mass is 32.1. The number of thiophene rings is 2. The van der Waals surface area contributed by atoms with E-state index in [1.807, 2.05) is 88.7 Å². The molecule has 0 radical (unpaired) electrons. The number of amides is 4. The largest absolute Gasteiger partial charge is 0.436 e. The van der Waals surface area contributed by atoms with Crippen LogP contribution in [0.15, 0.2) is 94.2 Å². The second-order valence-electron chi connectivity index (χ2n) is 16.2. The van der Waals surface area contributed by atoms with Crippen molar-refractivity contribution in [2.75, 3.05) is 23.7 Å². The summed E-state index contributed by atoms with van der Waals surface area (Å²) in [4.78, 5) is 62.8. The van der Waals surface area contributed by atoms with Crippen molar-refractivity contribution in [3.05, 3.63) is 99.5 Å². The number of aromatic nitrogens is 1. The number of nitrogens with zero attached hydrogens (tertiary/aromatic N) is 3. The van der Waals surface area contributed by atoms with Gasteiger partial charge in [0.05, 0.1) is 39.4 Å². The van der Waals surface area contributed by atoms with Crippen LogP contribution in [0.4, 0.5) is 11.4 Å². The summed E-state index contributed by atoms with van der Waals surface area (Å²) >= 11 is 2.70. The van der Waals surface area contributed by atoms with E-state index in [-0.39, 0.29) is 35.8 Å². The highest BCUT2D eigenvalue weighted by Gasteiger charge is 2.43. The summed E-state index contributed by atoms with van der Waals surface area (Å²) < 4.78 is 18.5. The summed E-state index contributed by atoms with van der Waals surface area (Å²) in [5.74, 6) is 0.0139. The normalized spacial score (nSPS) is 19.8. The topological polar surface area (TPSA) is 143 Å². The average Bonchev–Trinajstić information content (AvgIpc) is 4.01. The Balaban J connectivity index is 0.977. The van der Waals surface area contributed by atoms with Crippen molar-refractivity contribution in [2.24, 2.45) is 0 Å². The number of hydrogen-bond acceptors (Lipinski definition) is 10. The molecule has 5 aromatic rings. The predicted molar refractivity (Wildman–Crippen MR) is 221 cm³/mol. The van der Waals surface area contributed by atoms with Gasteiger partial charge in [-0.05, 0) is 113 Å². The number of oxazole rings is 1. The number of carbonyl (C=O) groups excluding carboxylic acids is 4. The van der Waals surface area contributed by atoms with Crippen molar-refractivity contribution in [1.29, 1.82) is 0 Å². The zero-order valence-electron chi connectivity index (χ0n) is 32.8. The summed E-state index contributed by atoms with van der Waals surface area (Å²) in [6.07, 6.45) is 1.90. The third-order valence-electron chi connectivity index (χ3n) is 9.50. The van der Waals surface area contributed by atoms with Crippen LogP contribution in [-0.2, 0) is 19.1 Å². The molecule has 2 aliphatic heterocycles. The van der Waals surface area contributed by atoms with Gasteiger partial charge in [0, 0.05) is 48.4 Å². The van der Waals surface area contributed by atoms with Crippen LogP contribution in [0.3, 0.4) is 0 Å². The first-order valence-electron chi connectivity index (χ1n) is 18.9. The van der Waals surface area contributed by atoms with Gasteiger partial charge in [-0.25, -0.2) is 4.98 Å². The Bertz CT molecular complexity index is 2030. The number of anilines is 2. The van der Waals surface area contributed by atoms with Crippen LogP contribution in [0.1, 0.15) is 73.7 Å². The summed E-state index contributed by atoms with van der Waals surface area (Å²) in [5, 5.41) is 9.66. The van der Waals surface area contributed by atoms with Crippen LogP contribution in [0.25, 0.3) is 22.8 Å². The molecule has 0 aliphatic carbocycles. The summed E-state index contributed by atoms with van der Waals surface area (Å²) in [6.45, 7) is 12.4. The molecule has 2 aliphatic rings. The lowest BCUT2D eigenvalue weighted by Crippen LogP contribution is -2.43. The van der Waals surface area contributed by atoms with Crippen LogP contribution in [-0.4, -0.2) is 87.0 Å². The molecule has 14 heteroatoms. The van der Waals surface area contributed by atoms with Gasteiger partial charge in [-0.3, -0.25) is 19.2 Å². The molecule has 2 N–H and O–H groups in total. The minimum Gasteiger partial charge on any atom is -0.436 e. The molecule has 0 unspecified atom stereocenters. The van der Waals surface area contributed by atoms with E-state index in [4.69, 9.17) is 13.9 Å². The standard InChI is InChI=1S/C43H47N5O7S2/c1-42(2,3)54-30-21-32(47(24-30)40(51)35-9-7-19-56-35)37(49)45-28-15-11-26(12-16-28)34-23-44-39(53-34)27-13-17-29(18-14-27)46-38(50)33-22-31(55-43(4,5)6)25-48(33)41(52)36-10-8-20-57-36/h7-20,23,30-33H,21-22,24-25H2,1-6H3,(H,45,49)(H,46,50)/t30-,31-,32+,33+/m1/s1. The van der Waals surface area contributed by atoms with Crippen molar-refractivity contribution >= 4 is 57.7 Å². The first-order valence-corrected chi connectivity index (χ1v) is 20.7. The Hall–Kier alpha value is -5.15. The molecule has 0 bridgehead atoms. The van der Waals surface area contributed by atoms with Crippen molar-refractivity contribution in [3.63, 3.8) is 0 Å². The molecule has 2 aromatic carbocycles. The highest BCUT2D eigenvalue weighted by molar-refractivity contribution is 7.12. The van der Waals surface area contributed by atoms with E-state index in [2.05, 4.69) is 15.6 Å². The molecule has 3 aromatic heterocycles. The summed E-state index contributed by atoms with van der Waals surface area (Å²) in [6, 6.07) is 20.2. The Morgan fingerprint density at radius 2 is 1.11 bits per heavy atom. The molecule has 2 saturated heterocycles. The fourth-order valence-corrected chi connectivity index (χ4v) is 8.56. The Morgan fingerprint density at radius 3 is 1.51 bits per heavy atom. The molecule has 57 heavy (non-hydrogen) atoms. The van der Waals surface area contributed by atoms with E-state index < -0.39 is 23.3 Å². The number of likely N-dealkylation sites (tertiary alicyclic amines) is 2. The van der Waals surface area contributed by atoms with Gasteiger partial charge in [0.15, 0.2) is 5.76 Å². The number of ether oxygens (including phenoxy) is 2. The van der Waals surface area contributed by atoms with Gasteiger partial charge < -0.3 is 34.3 Å². The van der Waals surface area contributed by atoms with Gasteiger partial charge in [0.2, 0.25) is 17.7 Å². The quantitative estimate of drug-likeness (QED) is 0.144. The maximum absolute atomic E-state index is 13.6. The maximum Gasteiger partial charge on any atom is 0.264 e. The minimum absolute atomic E-state index is 0.181. The number of hydrogen-bond donors (Lipinski definition) is 2. The molecule has 298 valence electrons. The van der Waals surface area contributed by atoms with Gasteiger partial charge in [0.1, 0.15) is 12.1 Å². The molecule has 5 heterocycles. The molecule has 0 saturated carbocycles. The van der Waals surface area contributed by atoms with Crippen molar-refractivity contribution in [2.45, 2.75) is 89.9 Å². The van der Waals surface area contributed by atoms with E-state index >= 15 is 0 Å². The van der Waals surface area contributed by atoms with E-state index in [0.29, 0.717) is 64.3 Å². The van der Waals surface area contributed by atoms with Crippen LogP contribution in [0, 0.1) is 0 Å². The second-order valence-corrected chi connectivity index (χ2v) is 18.1. The molecular weight excluding hydrogens is 763 g/mol. The molecule has 4 amide bonds. The minimum atomic E-state index is -0.681. The molecule has 7 rings (SSSR count). The zero-order valence-corrected chi connectivity index (χ0v) is 34.4.